The van der Waals surface area contributed by atoms with Crippen LogP contribution in [0, 0.1) is 11.3 Å². The van der Waals surface area contributed by atoms with Crippen LogP contribution in [0.2, 0.25) is 0 Å². The van der Waals surface area contributed by atoms with Gasteiger partial charge in [0.15, 0.2) is 0 Å². The van der Waals surface area contributed by atoms with E-state index in [0.29, 0.717) is 23.7 Å². The molecule has 0 spiro atoms. The fourth-order valence-corrected chi connectivity index (χ4v) is 1.52. The van der Waals surface area contributed by atoms with E-state index >= 15 is 0 Å². The molecule has 0 aliphatic rings. The molecule has 2 rings (SSSR count). The maximum absolute atomic E-state index is 8.80. The van der Waals surface area contributed by atoms with E-state index in [9.17, 15) is 0 Å². The first-order chi connectivity index (χ1) is 8.67. The second kappa shape index (κ2) is 5.01. The molecule has 0 aliphatic heterocycles. The summed E-state index contributed by atoms with van der Waals surface area (Å²) >= 11 is 0. The summed E-state index contributed by atoms with van der Waals surface area (Å²) in [6.07, 6.45) is 0. The maximum Gasteiger partial charge on any atom is 0.223 e. The lowest BCUT2D eigenvalue weighted by Gasteiger charge is -2.07. The van der Waals surface area contributed by atoms with Gasteiger partial charge >= 0.3 is 0 Å². The number of nitrogens with one attached hydrogen (secondary N) is 1. The molecule has 2 aromatic rings. The molecule has 1 aromatic carbocycles. The van der Waals surface area contributed by atoms with Crippen molar-refractivity contribution in [1.82, 2.24) is 9.97 Å². The predicted octanol–water partition coefficient (Wildman–Crippen LogP) is 1.12. The molecule has 0 amide bonds. The van der Waals surface area contributed by atoms with Crippen LogP contribution in [0.4, 0.5) is 17.6 Å². The minimum atomic E-state index is 0.128. The zero-order valence-corrected chi connectivity index (χ0v) is 9.59. The van der Waals surface area contributed by atoms with Crippen LogP contribution < -0.4 is 16.8 Å². The highest BCUT2D eigenvalue weighted by Gasteiger charge is 2.00. The second-order valence-corrected chi connectivity index (χ2v) is 3.70. The van der Waals surface area contributed by atoms with Gasteiger partial charge in [0.05, 0.1) is 11.6 Å². The van der Waals surface area contributed by atoms with Crippen LogP contribution in [0.5, 0.6) is 0 Å². The van der Waals surface area contributed by atoms with Gasteiger partial charge in [-0.25, -0.2) is 0 Å². The molecule has 5 N–H and O–H groups in total. The number of aromatic nitrogens is 2. The molecule has 90 valence electrons. The Bertz CT molecular complexity index is 582. The van der Waals surface area contributed by atoms with E-state index in [0.717, 1.165) is 5.56 Å². The number of hydrogen-bond acceptors (Lipinski definition) is 6. The first-order valence-corrected chi connectivity index (χ1v) is 5.30. The predicted molar refractivity (Wildman–Crippen MR) is 69.3 cm³/mol. The quantitative estimate of drug-likeness (QED) is 0.740. The van der Waals surface area contributed by atoms with Gasteiger partial charge in [-0.05, 0) is 17.7 Å². The lowest BCUT2D eigenvalue weighted by molar-refractivity contribution is 1.09. The van der Waals surface area contributed by atoms with Crippen molar-refractivity contribution in [3.63, 3.8) is 0 Å². The van der Waals surface area contributed by atoms with Gasteiger partial charge in [-0.15, -0.1) is 0 Å². The van der Waals surface area contributed by atoms with Gasteiger partial charge in [0.1, 0.15) is 11.6 Å². The fourth-order valence-electron chi connectivity index (χ4n) is 1.52. The maximum atomic E-state index is 8.80. The summed E-state index contributed by atoms with van der Waals surface area (Å²) in [4.78, 5) is 7.78. The second-order valence-electron chi connectivity index (χ2n) is 3.70. The average molecular weight is 240 g/mol. The Morgan fingerprint density at radius 2 is 2.06 bits per heavy atom. The fraction of sp³-hybridized carbons (Fsp3) is 0.0833. The molecule has 0 saturated carbocycles. The molecule has 0 radical (unpaired) electrons. The highest BCUT2D eigenvalue weighted by molar-refractivity contribution is 5.48. The smallest absolute Gasteiger partial charge is 0.223 e. The van der Waals surface area contributed by atoms with Crippen molar-refractivity contribution < 1.29 is 0 Å². The Labute approximate surface area is 104 Å². The Kier molecular flexibility index (Phi) is 3.25. The van der Waals surface area contributed by atoms with Crippen molar-refractivity contribution in [2.75, 3.05) is 16.8 Å². The van der Waals surface area contributed by atoms with E-state index < -0.39 is 0 Å². The summed E-state index contributed by atoms with van der Waals surface area (Å²) in [5.41, 5.74) is 12.6. The Balaban J connectivity index is 2.09. The molecule has 18 heavy (non-hydrogen) atoms. The zero-order chi connectivity index (χ0) is 13.0. The number of nitriles is 1. The van der Waals surface area contributed by atoms with Gasteiger partial charge in [-0.2, -0.15) is 15.2 Å². The van der Waals surface area contributed by atoms with E-state index in [1.54, 1.807) is 18.2 Å². The zero-order valence-electron chi connectivity index (χ0n) is 9.59. The van der Waals surface area contributed by atoms with Crippen molar-refractivity contribution >= 4 is 17.6 Å². The Hall–Kier alpha value is -2.81. The summed E-state index contributed by atoms with van der Waals surface area (Å²) in [5, 5.41) is 11.9. The van der Waals surface area contributed by atoms with Gasteiger partial charge in [-0.3, -0.25) is 0 Å². The van der Waals surface area contributed by atoms with E-state index in [1.807, 2.05) is 12.1 Å². The molecule has 6 nitrogen and oxygen atoms in total. The Morgan fingerprint density at radius 1 is 1.22 bits per heavy atom. The number of nitrogen functional groups attached to an aromatic ring is 2. The highest BCUT2D eigenvalue weighted by Crippen LogP contribution is 2.11. The van der Waals surface area contributed by atoms with Gasteiger partial charge in [0.25, 0.3) is 0 Å². The molecule has 1 heterocycles. The number of nitrogens with zero attached hydrogens (tertiary/aromatic N) is 3. The summed E-state index contributed by atoms with van der Waals surface area (Å²) in [6, 6.07) is 11.0. The highest BCUT2D eigenvalue weighted by atomic mass is 15.1. The molecular weight excluding hydrogens is 228 g/mol. The van der Waals surface area contributed by atoms with Crippen LogP contribution in [0.15, 0.2) is 30.3 Å². The molecular formula is C12H12N6. The summed E-state index contributed by atoms with van der Waals surface area (Å²) in [7, 11) is 0. The van der Waals surface area contributed by atoms with Gasteiger partial charge in [0.2, 0.25) is 5.95 Å². The van der Waals surface area contributed by atoms with Crippen molar-refractivity contribution in [3.05, 3.63) is 41.5 Å². The van der Waals surface area contributed by atoms with Crippen LogP contribution in [0.3, 0.4) is 0 Å². The number of hydrogen-bond donors (Lipinski definition) is 3. The van der Waals surface area contributed by atoms with Crippen molar-refractivity contribution in [2.24, 2.45) is 0 Å². The largest absolute Gasteiger partial charge is 0.383 e. The lowest BCUT2D eigenvalue weighted by Crippen LogP contribution is -2.06. The molecule has 6 heteroatoms. The van der Waals surface area contributed by atoms with Crippen LogP contribution in [-0.2, 0) is 6.54 Å². The van der Waals surface area contributed by atoms with Gasteiger partial charge in [-0.1, -0.05) is 12.1 Å². The van der Waals surface area contributed by atoms with E-state index in [2.05, 4.69) is 21.4 Å². The molecule has 0 fully saturated rings. The number of nitrogens with two attached hydrogens (primary N) is 2. The summed E-state index contributed by atoms with van der Waals surface area (Å²) in [6.45, 7) is 0.533. The van der Waals surface area contributed by atoms with Crippen LogP contribution >= 0.6 is 0 Å². The normalized spacial score (nSPS) is 9.72. The minimum absolute atomic E-state index is 0.128. The minimum Gasteiger partial charge on any atom is -0.383 e. The standard InChI is InChI=1S/C12H12N6/c13-6-8-2-1-3-9(4-8)7-16-11-5-10(14)17-12(15)18-11/h1-5H,7H2,(H5,14,15,16,17,18). The van der Waals surface area contributed by atoms with E-state index in [1.165, 1.54) is 0 Å². The van der Waals surface area contributed by atoms with Gasteiger partial charge < -0.3 is 16.8 Å². The third-order valence-corrected chi connectivity index (χ3v) is 2.29. The molecule has 0 atom stereocenters. The van der Waals surface area contributed by atoms with E-state index in [4.69, 9.17) is 16.7 Å². The van der Waals surface area contributed by atoms with E-state index in [-0.39, 0.29) is 5.95 Å². The van der Waals surface area contributed by atoms with Crippen molar-refractivity contribution in [3.8, 4) is 6.07 Å². The van der Waals surface area contributed by atoms with Crippen LogP contribution in [0.25, 0.3) is 0 Å². The SMILES string of the molecule is N#Cc1cccc(CNc2cc(N)nc(N)n2)c1. The van der Waals surface area contributed by atoms with Gasteiger partial charge in [0, 0.05) is 12.6 Å². The molecule has 1 aromatic heterocycles. The monoisotopic (exact) mass is 240 g/mol. The summed E-state index contributed by atoms with van der Waals surface area (Å²) < 4.78 is 0. The van der Waals surface area contributed by atoms with Crippen molar-refractivity contribution in [1.29, 1.82) is 5.26 Å². The third kappa shape index (κ3) is 2.86. The lowest BCUT2D eigenvalue weighted by atomic mass is 10.1. The molecule has 0 bridgehead atoms. The summed E-state index contributed by atoms with van der Waals surface area (Å²) in [5.74, 6) is 1.00. The molecule has 0 saturated heterocycles. The molecule has 0 aliphatic carbocycles. The third-order valence-electron chi connectivity index (χ3n) is 2.29. The van der Waals surface area contributed by atoms with Crippen molar-refractivity contribution in [2.45, 2.75) is 6.54 Å². The van der Waals surface area contributed by atoms with Crippen LogP contribution in [0.1, 0.15) is 11.1 Å². The average Bonchev–Trinajstić information content (AvgIpc) is 2.35. The number of rotatable bonds is 3. The Morgan fingerprint density at radius 3 is 2.78 bits per heavy atom. The number of anilines is 3. The first-order valence-electron chi connectivity index (χ1n) is 5.30. The topological polar surface area (TPSA) is 114 Å². The first kappa shape index (κ1) is 11.7. The molecule has 0 unspecified atom stereocenters. The number of benzene rings is 1. The van der Waals surface area contributed by atoms with Crippen LogP contribution in [-0.4, -0.2) is 9.97 Å².